The van der Waals surface area contributed by atoms with Crippen LogP contribution in [0.2, 0.25) is 5.02 Å². The van der Waals surface area contributed by atoms with Crippen molar-refractivity contribution in [2.75, 3.05) is 31.9 Å². The number of rotatable bonds is 2. The molecule has 0 saturated carbocycles. The van der Waals surface area contributed by atoms with E-state index in [1.807, 2.05) is 4.90 Å². The number of amides is 1. The van der Waals surface area contributed by atoms with E-state index in [9.17, 15) is 4.79 Å². The largest absolute Gasteiger partial charge is 0.399 e. The van der Waals surface area contributed by atoms with Gasteiger partial charge in [-0.2, -0.15) is 0 Å². The van der Waals surface area contributed by atoms with Gasteiger partial charge in [0.1, 0.15) is 0 Å². The number of carbonyl (C=O) groups is 1. The number of nitrogens with two attached hydrogens (primary N) is 1. The van der Waals surface area contributed by atoms with Crippen LogP contribution in [0.25, 0.3) is 0 Å². The van der Waals surface area contributed by atoms with E-state index < -0.39 is 0 Å². The van der Waals surface area contributed by atoms with Crippen molar-refractivity contribution in [3.8, 4) is 0 Å². The molecule has 0 aromatic heterocycles. The zero-order valence-electron chi connectivity index (χ0n) is 12.2. The van der Waals surface area contributed by atoms with Gasteiger partial charge in [-0.1, -0.05) is 11.6 Å². The lowest BCUT2D eigenvalue weighted by Crippen LogP contribution is -2.45. The van der Waals surface area contributed by atoms with Gasteiger partial charge in [-0.25, -0.2) is 0 Å². The lowest BCUT2D eigenvalue weighted by atomic mass is 10.0. The van der Waals surface area contributed by atoms with Gasteiger partial charge in [0.2, 0.25) is 0 Å². The number of carbonyl (C=O) groups excluding carboxylic acids is 1. The van der Waals surface area contributed by atoms with Crippen LogP contribution in [0.4, 0.5) is 5.69 Å². The smallest absolute Gasteiger partial charge is 0.255 e. The second kappa shape index (κ2) is 6.24. The third-order valence-electron chi connectivity index (χ3n) is 4.63. The van der Waals surface area contributed by atoms with Crippen LogP contribution < -0.4 is 5.73 Å². The zero-order valence-corrected chi connectivity index (χ0v) is 13.0. The number of hydrogen-bond donors (Lipinski definition) is 1. The quantitative estimate of drug-likeness (QED) is 0.855. The van der Waals surface area contributed by atoms with Crippen LogP contribution >= 0.6 is 11.6 Å². The van der Waals surface area contributed by atoms with Crippen molar-refractivity contribution in [1.29, 1.82) is 0 Å². The Morgan fingerprint density at radius 3 is 2.43 bits per heavy atom. The van der Waals surface area contributed by atoms with Crippen LogP contribution in [0, 0.1) is 0 Å². The number of hydrogen-bond acceptors (Lipinski definition) is 3. The van der Waals surface area contributed by atoms with Gasteiger partial charge in [0, 0.05) is 24.8 Å². The van der Waals surface area contributed by atoms with Crippen molar-refractivity contribution in [3.05, 3.63) is 28.8 Å². The van der Waals surface area contributed by atoms with Gasteiger partial charge in [-0.15, -0.1) is 0 Å². The van der Waals surface area contributed by atoms with E-state index in [2.05, 4.69) is 4.90 Å². The maximum atomic E-state index is 12.5. The summed E-state index contributed by atoms with van der Waals surface area (Å²) >= 11 is 6.14. The summed E-state index contributed by atoms with van der Waals surface area (Å²) in [5, 5.41) is 0.446. The second-order valence-electron chi connectivity index (χ2n) is 6.01. The molecular weight excluding hydrogens is 286 g/mol. The maximum absolute atomic E-state index is 12.5. The molecule has 1 aromatic carbocycles. The molecule has 2 aliphatic heterocycles. The molecule has 2 aliphatic rings. The molecule has 0 radical (unpaired) electrons. The minimum Gasteiger partial charge on any atom is -0.399 e. The Labute approximate surface area is 130 Å². The first-order chi connectivity index (χ1) is 10.1. The summed E-state index contributed by atoms with van der Waals surface area (Å²) in [6.45, 7) is 4.09. The molecule has 5 heteroatoms. The average Bonchev–Trinajstić information content (AvgIpc) is 3.01. The zero-order chi connectivity index (χ0) is 14.8. The number of piperidine rings is 1. The second-order valence-corrected chi connectivity index (χ2v) is 6.41. The van der Waals surface area contributed by atoms with Crippen LogP contribution in [-0.4, -0.2) is 47.9 Å². The van der Waals surface area contributed by atoms with Crippen molar-refractivity contribution in [2.45, 2.75) is 31.7 Å². The summed E-state index contributed by atoms with van der Waals surface area (Å²) in [6, 6.07) is 5.76. The van der Waals surface area contributed by atoms with Crippen LogP contribution in [0.1, 0.15) is 36.0 Å². The lowest BCUT2D eigenvalue weighted by molar-refractivity contribution is 0.0644. The van der Waals surface area contributed by atoms with E-state index in [1.165, 1.54) is 25.9 Å². The summed E-state index contributed by atoms with van der Waals surface area (Å²) in [5.74, 6) is 0.0277. The predicted octanol–water partition coefficient (Wildman–Crippen LogP) is 2.62. The van der Waals surface area contributed by atoms with Gasteiger partial charge >= 0.3 is 0 Å². The number of anilines is 1. The van der Waals surface area contributed by atoms with Crippen molar-refractivity contribution in [2.24, 2.45) is 0 Å². The molecule has 2 heterocycles. The SMILES string of the molecule is Nc1ccc(C(=O)N2CCC(N3CCCC3)CC2)c(Cl)c1. The van der Waals surface area contributed by atoms with Gasteiger partial charge in [0.15, 0.2) is 0 Å². The first-order valence-electron chi connectivity index (χ1n) is 7.73. The lowest BCUT2D eigenvalue weighted by Gasteiger charge is -2.36. The van der Waals surface area contributed by atoms with E-state index >= 15 is 0 Å². The Bertz CT molecular complexity index is 520. The highest BCUT2D eigenvalue weighted by Gasteiger charge is 2.29. The molecule has 2 saturated heterocycles. The molecule has 0 spiro atoms. The Kier molecular flexibility index (Phi) is 4.36. The summed E-state index contributed by atoms with van der Waals surface area (Å²) < 4.78 is 0. The third kappa shape index (κ3) is 3.16. The monoisotopic (exact) mass is 307 g/mol. The van der Waals surface area contributed by atoms with E-state index in [1.54, 1.807) is 18.2 Å². The maximum Gasteiger partial charge on any atom is 0.255 e. The highest BCUT2D eigenvalue weighted by atomic mass is 35.5. The van der Waals surface area contributed by atoms with E-state index in [0.717, 1.165) is 25.9 Å². The molecule has 21 heavy (non-hydrogen) atoms. The molecule has 3 rings (SSSR count). The summed E-state index contributed by atoms with van der Waals surface area (Å²) in [5.41, 5.74) is 6.83. The molecule has 4 nitrogen and oxygen atoms in total. The third-order valence-corrected chi connectivity index (χ3v) is 4.95. The highest BCUT2D eigenvalue weighted by molar-refractivity contribution is 6.34. The molecule has 114 valence electrons. The van der Waals surface area contributed by atoms with Crippen molar-refractivity contribution in [3.63, 3.8) is 0 Å². The van der Waals surface area contributed by atoms with Crippen molar-refractivity contribution in [1.82, 2.24) is 9.80 Å². The fourth-order valence-corrected chi connectivity index (χ4v) is 3.69. The Morgan fingerprint density at radius 1 is 1.14 bits per heavy atom. The summed E-state index contributed by atoms with van der Waals surface area (Å²) in [7, 11) is 0. The number of nitrogen functional groups attached to an aromatic ring is 1. The first-order valence-corrected chi connectivity index (χ1v) is 8.11. The Balaban J connectivity index is 1.62. The van der Waals surface area contributed by atoms with Crippen LogP contribution in [-0.2, 0) is 0 Å². The fraction of sp³-hybridized carbons (Fsp3) is 0.562. The Hall–Kier alpha value is -1.26. The summed E-state index contributed by atoms with van der Waals surface area (Å²) in [6.07, 6.45) is 4.77. The molecule has 1 amide bonds. The molecule has 0 bridgehead atoms. The Morgan fingerprint density at radius 2 is 1.81 bits per heavy atom. The van der Waals surface area contributed by atoms with Crippen LogP contribution in [0.15, 0.2) is 18.2 Å². The van der Waals surface area contributed by atoms with Gasteiger partial charge < -0.3 is 15.5 Å². The van der Waals surface area contributed by atoms with Gasteiger partial charge in [0.05, 0.1) is 10.6 Å². The normalized spacial score (nSPS) is 20.9. The average molecular weight is 308 g/mol. The molecule has 0 atom stereocenters. The van der Waals surface area contributed by atoms with Crippen molar-refractivity contribution >= 4 is 23.2 Å². The van der Waals surface area contributed by atoms with Gasteiger partial charge in [-0.05, 0) is 57.0 Å². The molecule has 2 fully saturated rings. The van der Waals surface area contributed by atoms with E-state index in [-0.39, 0.29) is 5.91 Å². The van der Waals surface area contributed by atoms with Gasteiger partial charge in [-0.3, -0.25) is 4.79 Å². The molecular formula is C16H22ClN3O. The first kappa shape index (κ1) is 14.7. The number of likely N-dealkylation sites (tertiary alicyclic amines) is 2. The number of nitrogens with zero attached hydrogens (tertiary/aromatic N) is 2. The van der Waals surface area contributed by atoms with E-state index in [0.29, 0.717) is 22.3 Å². The number of benzene rings is 1. The van der Waals surface area contributed by atoms with E-state index in [4.69, 9.17) is 17.3 Å². The topological polar surface area (TPSA) is 49.6 Å². The molecule has 1 aromatic rings. The standard InChI is InChI=1S/C16H22ClN3O/c17-15-11-12(18)3-4-14(15)16(21)20-9-5-13(6-10-20)19-7-1-2-8-19/h3-4,11,13H,1-2,5-10,18H2. The molecule has 0 unspecified atom stereocenters. The number of halogens is 1. The summed E-state index contributed by atoms with van der Waals surface area (Å²) in [4.78, 5) is 17.0. The molecule has 0 aliphatic carbocycles. The minimum atomic E-state index is 0.0277. The highest BCUT2D eigenvalue weighted by Crippen LogP contribution is 2.25. The minimum absolute atomic E-state index is 0.0277. The van der Waals surface area contributed by atoms with Gasteiger partial charge in [0.25, 0.3) is 5.91 Å². The fourth-order valence-electron chi connectivity index (χ4n) is 3.42. The molecule has 2 N–H and O–H groups in total. The van der Waals surface area contributed by atoms with Crippen LogP contribution in [0.3, 0.4) is 0 Å². The predicted molar refractivity (Wildman–Crippen MR) is 85.6 cm³/mol. The van der Waals surface area contributed by atoms with Crippen molar-refractivity contribution < 1.29 is 4.79 Å². The van der Waals surface area contributed by atoms with Crippen LogP contribution in [0.5, 0.6) is 0 Å².